The normalized spacial score (nSPS) is 11.4. The lowest BCUT2D eigenvalue weighted by Crippen LogP contribution is -2.07. The van der Waals surface area contributed by atoms with Gasteiger partial charge in [-0.25, -0.2) is 0 Å². The largest absolute Gasteiger partial charge is 0.278 e. The first kappa shape index (κ1) is 9.15. The maximum Gasteiger partial charge on any atom is 0.257 e. The van der Waals surface area contributed by atoms with Crippen molar-refractivity contribution in [2.45, 2.75) is -0.565 Å². The number of carbonyl (C=O) groups is 1. The predicted octanol–water partition coefficient (Wildman–Crippen LogP) is 2.71. The second-order valence-electron chi connectivity index (χ2n) is 0.771. The van der Waals surface area contributed by atoms with Crippen LogP contribution in [0.5, 0.6) is 0 Å². The summed E-state index contributed by atoms with van der Waals surface area (Å²) >= 11 is 11.0. The summed E-state index contributed by atoms with van der Waals surface area (Å²) < 4.78 is -0.463. The van der Waals surface area contributed by atoms with E-state index in [2.05, 4.69) is 0 Å². The van der Waals surface area contributed by atoms with Gasteiger partial charge in [0.15, 0.2) is -0.565 Å². The number of alkyl halides is 3. The van der Waals surface area contributed by atoms with E-state index in [1.165, 1.54) is 0 Å². The molecule has 0 aromatic rings. The fourth-order valence-corrected chi connectivity index (χ4v) is 0. The topological polar surface area (TPSA) is 17.1 Å². The van der Waals surface area contributed by atoms with Gasteiger partial charge >= 0.3 is 0 Å². The summed E-state index contributed by atoms with van der Waals surface area (Å²) in [4.78, 5) is 10.2. The van der Waals surface area contributed by atoms with Gasteiger partial charge in [0.05, 0.1) is 0 Å². The summed E-state index contributed by atoms with van der Waals surface area (Å²) in [6, 6.07) is 0. The molecule has 0 aliphatic rings. The Bertz CT molecular complexity index is 85.4. The second-order valence-corrected chi connectivity index (χ2v) is 12.2. The van der Waals surface area contributed by atoms with Crippen LogP contribution in [-0.2, 0) is 4.79 Å². The van der Waals surface area contributed by atoms with E-state index in [4.69, 9.17) is 11.6 Å². The van der Waals surface area contributed by atoms with Crippen molar-refractivity contribution in [3.63, 3.8) is 0 Å². The fourth-order valence-electron chi connectivity index (χ4n) is 0. The van der Waals surface area contributed by atoms with Gasteiger partial charge in [-0.2, -0.15) is 0 Å². The Balaban J connectivity index is 3.79. The lowest BCUT2D eigenvalue weighted by Gasteiger charge is -2.01. The molecule has 42 valence electrons. The molecule has 1 nitrogen and oxygen atoms in total. The third-order valence-electron chi connectivity index (χ3n) is 0.223. The molecule has 0 saturated heterocycles. The highest BCUT2D eigenvalue weighted by atomic mass is 127. The van der Waals surface area contributed by atoms with Crippen LogP contribution in [0.25, 0.3) is 0 Å². The molecule has 0 aliphatic carbocycles. The molecule has 0 rings (SSSR count). The van der Waals surface area contributed by atoms with Crippen LogP contribution in [0.3, 0.4) is 0 Å². The maximum absolute atomic E-state index is 10.2. The Morgan fingerprint density at radius 3 is 1.57 bits per heavy atom. The molecule has 0 unspecified atom stereocenters. The Morgan fingerprint density at radius 1 is 1.43 bits per heavy atom. The van der Waals surface area contributed by atoms with E-state index in [0.717, 1.165) is 0 Å². The number of rotatable bonds is 1. The number of carbonyl (C=O) groups excluding carboxylic acids is 1. The van der Waals surface area contributed by atoms with E-state index in [1.807, 2.05) is 67.8 Å². The van der Waals surface area contributed by atoms with Gasteiger partial charge in [-0.1, -0.05) is 0 Å². The van der Waals surface area contributed by atoms with Crippen LogP contribution in [0.15, 0.2) is 0 Å². The molecule has 0 aliphatic heterocycles. The Morgan fingerprint density at radius 2 is 1.57 bits per heavy atom. The standard InChI is InChI=1S/C2ClI3O/c3-1(7)2(4,5)6. The molecule has 0 N–H and O–H groups in total. The molecule has 0 heterocycles. The van der Waals surface area contributed by atoms with Crippen molar-refractivity contribution in [2.24, 2.45) is 0 Å². The molecular formula is C2ClI3O. The minimum absolute atomic E-state index is 0.325. The SMILES string of the molecule is O=C(Cl)C(I)(I)I. The summed E-state index contributed by atoms with van der Waals surface area (Å²) in [6.45, 7) is 0. The van der Waals surface area contributed by atoms with Crippen LogP contribution in [-0.4, -0.2) is 4.68 Å². The van der Waals surface area contributed by atoms with E-state index in [9.17, 15) is 4.79 Å². The van der Waals surface area contributed by atoms with E-state index in [-0.39, 0.29) is 5.24 Å². The van der Waals surface area contributed by atoms with Crippen LogP contribution in [0.2, 0.25) is 0 Å². The van der Waals surface area contributed by atoms with Gasteiger partial charge in [-0.05, 0) is 79.4 Å². The zero-order valence-corrected chi connectivity index (χ0v) is 10.1. The molecule has 0 spiro atoms. The maximum atomic E-state index is 10.2. The summed E-state index contributed by atoms with van der Waals surface area (Å²) in [5.41, 5.74) is 0. The highest BCUT2D eigenvalue weighted by Gasteiger charge is 2.25. The van der Waals surface area contributed by atoms with Gasteiger partial charge in [-0.15, -0.1) is 0 Å². The molecule has 0 fully saturated rings. The molecule has 0 aromatic heterocycles. The van der Waals surface area contributed by atoms with Crippen LogP contribution in [0.4, 0.5) is 0 Å². The molecule has 5 heteroatoms. The van der Waals surface area contributed by atoms with Crippen LogP contribution in [0.1, 0.15) is 0 Å². The fraction of sp³-hybridized carbons (Fsp3) is 0.500. The van der Waals surface area contributed by atoms with Gasteiger partial charge in [-0.3, -0.25) is 4.79 Å². The number of hydrogen-bond acceptors (Lipinski definition) is 1. The molecule has 0 saturated carbocycles. The van der Waals surface area contributed by atoms with Crippen molar-refractivity contribution >= 4 is 84.6 Å². The summed E-state index contributed by atoms with van der Waals surface area (Å²) in [5, 5.41) is -0.325. The van der Waals surface area contributed by atoms with E-state index in [0.29, 0.717) is 0 Å². The second kappa shape index (κ2) is 3.35. The number of hydrogen-bond donors (Lipinski definition) is 0. The van der Waals surface area contributed by atoms with Gasteiger partial charge in [0.1, 0.15) is 0 Å². The van der Waals surface area contributed by atoms with Crippen molar-refractivity contribution < 1.29 is 4.79 Å². The Hall–Kier alpha value is 2.15. The molecule has 0 amide bonds. The van der Waals surface area contributed by atoms with Crippen molar-refractivity contribution in [3.05, 3.63) is 0 Å². The first-order valence-electron chi connectivity index (χ1n) is 1.21. The van der Waals surface area contributed by atoms with Gasteiger partial charge in [0.25, 0.3) is 5.24 Å². The monoisotopic (exact) mass is 456 g/mol. The van der Waals surface area contributed by atoms with Gasteiger partial charge in [0, 0.05) is 0 Å². The zero-order valence-electron chi connectivity index (χ0n) is 2.92. The van der Waals surface area contributed by atoms with E-state index < -0.39 is -0.565 Å². The molecule has 0 atom stereocenters. The van der Waals surface area contributed by atoms with E-state index >= 15 is 0 Å². The van der Waals surface area contributed by atoms with Crippen LogP contribution in [0, 0.1) is 0 Å². The van der Waals surface area contributed by atoms with Crippen LogP contribution >= 0.6 is 79.4 Å². The summed E-state index contributed by atoms with van der Waals surface area (Å²) in [6.07, 6.45) is 0. The summed E-state index contributed by atoms with van der Waals surface area (Å²) in [7, 11) is 0. The minimum atomic E-state index is -0.463. The smallest absolute Gasteiger partial charge is 0.257 e. The quantitative estimate of drug-likeness (QED) is 0.337. The minimum Gasteiger partial charge on any atom is -0.278 e. The lowest BCUT2D eigenvalue weighted by molar-refractivity contribution is -0.109. The molecule has 0 aromatic carbocycles. The Kier molecular flexibility index (Phi) is 4.38. The van der Waals surface area contributed by atoms with Gasteiger partial charge in [0.2, 0.25) is 0 Å². The lowest BCUT2D eigenvalue weighted by atomic mass is 10.9. The summed E-state index contributed by atoms with van der Waals surface area (Å²) in [5.74, 6) is 0. The Labute approximate surface area is 87.4 Å². The first-order chi connectivity index (χ1) is 2.94. The third kappa shape index (κ3) is 4.64. The van der Waals surface area contributed by atoms with Crippen LogP contribution < -0.4 is 0 Å². The molecule has 0 bridgehead atoms. The van der Waals surface area contributed by atoms with E-state index in [1.54, 1.807) is 0 Å². The van der Waals surface area contributed by atoms with Crippen molar-refractivity contribution in [1.82, 2.24) is 0 Å². The highest BCUT2D eigenvalue weighted by Crippen LogP contribution is 2.37. The predicted molar refractivity (Wildman–Crippen MR) is 55.7 cm³/mol. The first-order valence-corrected chi connectivity index (χ1v) is 4.82. The van der Waals surface area contributed by atoms with Gasteiger partial charge < -0.3 is 0 Å². The average molecular weight is 456 g/mol. The highest BCUT2D eigenvalue weighted by molar-refractivity contribution is 14.3. The molecule has 7 heavy (non-hydrogen) atoms. The molecular weight excluding hydrogens is 456 g/mol. The molecule has 0 radical (unpaired) electrons. The van der Waals surface area contributed by atoms with Crippen molar-refractivity contribution in [1.29, 1.82) is 0 Å². The number of halogens is 4. The third-order valence-corrected chi connectivity index (χ3v) is 2.93. The van der Waals surface area contributed by atoms with Crippen molar-refractivity contribution in [2.75, 3.05) is 0 Å². The zero-order chi connectivity index (χ0) is 6.08. The average Bonchev–Trinajstić information content (AvgIpc) is 1.31. The van der Waals surface area contributed by atoms with Crippen molar-refractivity contribution in [3.8, 4) is 0 Å².